The lowest BCUT2D eigenvalue weighted by molar-refractivity contribution is 0.931. The summed E-state index contributed by atoms with van der Waals surface area (Å²) in [6.07, 6.45) is 6.86. The van der Waals surface area contributed by atoms with Crippen LogP contribution in [0, 0.1) is 0 Å². The molecule has 0 radical (unpaired) electrons. The van der Waals surface area contributed by atoms with Crippen LogP contribution in [-0.4, -0.2) is 26.5 Å². The van der Waals surface area contributed by atoms with Crippen molar-refractivity contribution in [3.8, 4) is 11.6 Å². The van der Waals surface area contributed by atoms with Crippen molar-refractivity contribution < 1.29 is 0 Å². The van der Waals surface area contributed by atoms with Crippen LogP contribution in [0.15, 0.2) is 22.9 Å². The van der Waals surface area contributed by atoms with Crippen molar-refractivity contribution in [3.05, 3.63) is 28.6 Å². The van der Waals surface area contributed by atoms with Gasteiger partial charge in [0.1, 0.15) is 5.82 Å². The van der Waals surface area contributed by atoms with Crippen molar-refractivity contribution in [2.45, 2.75) is 32.1 Å². The fourth-order valence-corrected chi connectivity index (χ4v) is 2.61. The predicted octanol–water partition coefficient (Wildman–Crippen LogP) is 3.40. The summed E-state index contributed by atoms with van der Waals surface area (Å²) in [6.45, 7) is 3.01. The molecule has 1 aliphatic carbocycles. The zero-order valence-corrected chi connectivity index (χ0v) is 12.9. The first kappa shape index (κ1) is 13.4. The summed E-state index contributed by atoms with van der Waals surface area (Å²) in [6, 6.07) is 1.79. The smallest absolute Gasteiger partial charge is 0.200 e. The molecule has 0 saturated heterocycles. The maximum atomic E-state index is 4.65. The quantitative estimate of drug-likeness (QED) is 0.908. The van der Waals surface area contributed by atoms with Crippen LogP contribution in [0.3, 0.4) is 0 Å². The molecule has 2 aromatic heterocycles. The molecular formula is C14H16BrN5. The first-order valence-corrected chi connectivity index (χ1v) is 7.67. The average molecular weight is 334 g/mol. The van der Waals surface area contributed by atoms with Crippen molar-refractivity contribution in [3.63, 3.8) is 0 Å². The van der Waals surface area contributed by atoms with Gasteiger partial charge in [-0.2, -0.15) is 0 Å². The first-order valence-electron chi connectivity index (χ1n) is 6.88. The van der Waals surface area contributed by atoms with Gasteiger partial charge in [0.15, 0.2) is 11.6 Å². The van der Waals surface area contributed by atoms with Crippen molar-refractivity contribution in [2.75, 3.05) is 11.9 Å². The SMILES string of the molecule is CCCNc1nc(-c2ncccn2)nc(C2CC2)c1Br. The van der Waals surface area contributed by atoms with Crippen molar-refractivity contribution in [1.29, 1.82) is 0 Å². The zero-order valence-electron chi connectivity index (χ0n) is 11.3. The number of hydrogen-bond acceptors (Lipinski definition) is 5. The number of hydrogen-bond donors (Lipinski definition) is 1. The van der Waals surface area contributed by atoms with Crippen LogP contribution in [0.2, 0.25) is 0 Å². The Balaban J connectivity index is 2.03. The summed E-state index contributed by atoms with van der Waals surface area (Å²) in [7, 11) is 0. The molecule has 2 aromatic rings. The molecule has 1 saturated carbocycles. The molecule has 0 atom stereocenters. The zero-order chi connectivity index (χ0) is 13.9. The number of aromatic nitrogens is 4. The van der Waals surface area contributed by atoms with Crippen molar-refractivity contribution >= 4 is 21.7 Å². The molecule has 0 spiro atoms. The minimum atomic E-state index is 0.539. The van der Waals surface area contributed by atoms with E-state index in [1.165, 1.54) is 12.8 Å². The molecule has 0 amide bonds. The third-order valence-electron chi connectivity index (χ3n) is 3.15. The van der Waals surface area contributed by atoms with Crippen molar-refractivity contribution in [2.24, 2.45) is 0 Å². The van der Waals surface area contributed by atoms with Gasteiger partial charge in [-0.3, -0.25) is 0 Å². The van der Waals surface area contributed by atoms with Gasteiger partial charge in [-0.25, -0.2) is 19.9 Å². The molecule has 0 aliphatic heterocycles. The van der Waals surface area contributed by atoms with Gasteiger partial charge in [0.05, 0.1) is 10.2 Å². The lowest BCUT2D eigenvalue weighted by Crippen LogP contribution is -2.08. The fraction of sp³-hybridized carbons (Fsp3) is 0.429. The Hall–Kier alpha value is -1.56. The van der Waals surface area contributed by atoms with Gasteiger partial charge in [-0.05, 0) is 41.3 Å². The minimum Gasteiger partial charge on any atom is -0.369 e. The van der Waals surface area contributed by atoms with E-state index < -0.39 is 0 Å². The molecule has 0 aromatic carbocycles. The average Bonchev–Trinajstić information content (AvgIpc) is 3.32. The van der Waals surface area contributed by atoms with Gasteiger partial charge in [-0.15, -0.1) is 0 Å². The van der Waals surface area contributed by atoms with Crippen LogP contribution in [0.5, 0.6) is 0 Å². The van der Waals surface area contributed by atoms with E-state index in [4.69, 9.17) is 0 Å². The van der Waals surface area contributed by atoms with Gasteiger partial charge >= 0.3 is 0 Å². The second kappa shape index (κ2) is 5.83. The summed E-state index contributed by atoms with van der Waals surface area (Å²) < 4.78 is 0.980. The Morgan fingerprint density at radius 1 is 1.20 bits per heavy atom. The molecular weight excluding hydrogens is 318 g/mol. The van der Waals surface area contributed by atoms with E-state index in [0.29, 0.717) is 17.6 Å². The second-order valence-electron chi connectivity index (χ2n) is 4.87. The summed E-state index contributed by atoms with van der Waals surface area (Å²) >= 11 is 3.63. The van der Waals surface area contributed by atoms with E-state index >= 15 is 0 Å². The van der Waals surface area contributed by atoms with Gasteiger partial charge in [0.25, 0.3) is 0 Å². The highest BCUT2D eigenvalue weighted by molar-refractivity contribution is 9.10. The third-order valence-corrected chi connectivity index (χ3v) is 3.93. The maximum absolute atomic E-state index is 4.65. The first-order chi connectivity index (χ1) is 9.79. The van der Waals surface area contributed by atoms with Gasteiger partial charge in [0.2, 0.25) is 0 Å². The van der Waals surface area contributed by atoms with Gasteiger partial charge in [0, 0.05) is 24.9 Å². The van der Waals surface area contributed by atoms with E-state index in [1.54, 1.807) is 18.5 Å². The molecule has 1 aliphatic rings. The Kier molecular flexibility index (Phi) is 3.91. The highest BCUT2D eigenvalue weighted by atomic mass is 79.9. The topological polar surface area (TPSA) is 63.6 Å². The molecule has 20 heavy (non-hydrogen) atoms. The lowest BCUT2D eigenvalue weighted by atomic mass is 10.2. The normalized spacial score (nSPS) is 14.3. The van der Waals surface area contributed by atoms with Gasteiger partial charge < -0.3 is 5.32 Å². The van der Waals surface area contributed by atoms with Crippen LogP contribution in [0.4, 0.5) is 5.82 Å². The maximum Gasteiger partial charge on any atom is 0.200 e. The molecule has 3 rings (SSSR count). The Morgan fingerprint density at radius 2 is 1.95 bits per heavy atom. The highest BCUT2D eigenvalue weighted by Crippen LogP contribution is 2.44. The van der Waals surface area contributed by atoms with Crippen LogP contribution in [0.25, 0.3) is 11.6 Å². The predicted molar refractivity (Wildman–Crippen MR) is 81.5 cm³/mol. The van der Waals surface area contributed by atoms with E-state index in [2.05, 4.69) is 48.1 Å². The van der Waals surface area contributed by atoms with Crippen LogP contribution in [0.1, 0.15) is 37.8 Å². The molecule has 1 fully saturated rings. The van der Waals surface area contributed by atoms with Crippen molar-refractivity contribution in [1.82, 2.24) is 19.9 Å². The summed E-state index contributed by atoms with van der Waals surface area (Å²) in [5.41, 5.74) is 1.07. The number of halogens is 1. The van der Waals surface area contributed by atoms with Crippen LogP contribution < -0.4 is 5.32 Å². The monoisotopic (exact) mass is 333 g/mol. The Labute approximate surface area is 126 Å². The van der Waals surface area contributed by atoms with Crippen LogP contribution in [-0.2, 0) is 0 Å². The van der Waals surface area contributed by atoms with Gasteiger partial charge in [-0.1, -0.05) is 6.92 Å². The lowest BCUT2D eigenvalue weighted by Gasteiger charge is -2.11. The van der Waals surface area contributed by atoms with E-state index in [-0.39, 0.29) is 0 Å². The molecule has 6 heteroatoms. The molecule has 0 bridgehead atoms. The second-order valence-corrected chi connectivity index (χ2v) is 5.66. The molecule has 2 heterocycles. The minimum absolute atomic E-state index is 0.539. The van der Waals surface area contributed by atoms with E-state index in [9.17, 15) is 0 Å². The highest BCUT2D eigenvalue weighted by Gasteiger charge is 2.29. The number of nitrogens with one attached hydrogen (secondary N) is 1. The largest absolute Gasteiger partial charge is 0.369 e. The Bertz CT molecular complexity index is 598. The third kappa shape index (κ3) is 2.80. The van der Waals surface area contributed by atoms with E-state index in [1.807, 2.05) is 0 Å². The summed E-state index contributed by atoms with van der Waals surface area (Å²) in [5, 5.41) is 3.34. The summed E-state index contributed by atoms with van der Waals surface area (Å²) in [5.74, 6) is 2.54. The number of anilines is 1. The molecule has 0 unspecified atom stereocenters. The van der Waals surface area contributed by atoms with E-state index in [0.717, 1.165) is 29.0 Å². The number of nitrogens with zero attached hydrogens (tertiary/aromatic N) is 4. The number of rotatable bonds is 5. The molecule has 104 valence electrons. The molecule has 1 N–H and O–H groups in total. The molecule has 5 nitrogen and oxygen atoms in total. The standard InChI is InChI=1S/C14H16BrN5/c1-2-6-16-12-10(15)11(9-4-5-9)19-14(20-12)13-17-7-3-8-18-13/h3,7-9H,2,4-6H2,1H3,(H,16,19,20). The Morgan fingerprint density at radius 3 is 2.60 bits per heavy atom. The fourth-order valence-electron chi connectivity index (χ4n) is 1.97. The van der Waals surface area contributed by atoms with Crippen LogP contribution >= 0.6 is 15.9 Å². The summed E-state index contributed by atoms with van der Waals surface area (Å²) in [4.78, 5) is 17.7.